The van der Waals surface area contributed by atoms with Gasteiger partial charge in [-0.2, -0.15) is 0 Å². The summed E-state index contributed by atoms with van der Waals surface area (Å²) >= 11 is 5.38. The lowest BCUT2D eigenvalue weighted by molar-refractivity contribution is 0.218. The lowest BCUT2D eigenvalue weighted by atomic mass is 10.0. The molecule has 0 aromatic heterocycles. The van der Waals surface area contributed by atoms with Gasteiger partial charge >= 0.3 is 6.72 Å². The van der Waals surface area contributed by atoms with Crippen molar-refractivity contribution in [2.75, 3.05) is 13.2 Å². The Bertz CT molecular complexity index is 450. The molecule has 0 radical (unpaired) electrons. The van der Waals surface area contributed by atoms with Gasteiger partial charge in [-0.05, 0) is 49.9 Å². The van der Waals surface area contributed by atoms with Gasteiger partial charge in [0.2, 0.25) is 0 Å². The van der Waals surface area contributed by atoms with Crippen LogP contribution in [0.2, 0.25) is 0 Å². The van der Waals surface area contributed by atoms with Gasteiger partial charge in [-0.25, -0.2) is 0 Å². The Hall–Kier alpha value is -0.410. The molecule has 0 aliphatic rings. The Morgan fingerprint density at radius 2 is 1.68 bits per heavy atom. The molecule has 1 aromatic carbocycles. The molecule has 108 valence electrons. The van der Waals surface area contributed by atoms with Gasteiger partial charge in [0.25, 0.3) is 0 Å². The summed E-state index contributed by atoms with van der Waals surface area (Å²) in [5.41, 5.74) is 2.38. The average Bonchev–Trinajstić information content (AvgIpc) is 2.28. The Morgan fingerprint density at radius 1 is 1.11 bits per heavy atom. The summed E-state index contributed by atoms with van der Waals surface area (Å²) in [6.45, 7) is 8.42. The second-order valence-electron chi connectivity index (χ2n) is 4.61. The average molecular weight is 302 g/mol. The van der Waals surface area contributed by atoms with Gasteiger partial charge in [0.05, 0.1) is 13.2 Å². The van der Waals surface area contributed by atoms with Crippen LogP contribution in [0.4, 0.5) is 0 Å². The zero-order valence-electron chi connectivity index (χ0n) is 12.3. The van der Waals surface area contributed by atoms with Crippen LogP contribution < -0.4 is 4.52 Å². The molecule has 0 unspecified atom stereocenters. The Morgan fingerprint density at radius 3 is 2.16 bits per heavy atom. The molecule has 0 amide bonds. The van der Waals surface area contributed by atoms with E-state index in [1.165, 1.54) is 5.56 Å². The Kier molecular flexibility index (Phi) is 6.48. The number of hydrogen-bond acceptors (Lipinski definition) is 4. The highest BCUT2D eigenvalue weighted by molar-refractivity contribution is 8.07. The maximum absolute atomic E-state index is 5.84. The predicted octanol–water partition coefficient (Wildman–Crippen LogP) is 4.79. The fourth-order valence-electron chi connectivity index (χ4n) is 1.70. The van der Waals surface area contributed by atoms with Crippen molar-refractivity contribution in [3.63, 3.8) is 0 Å². The zero-order chi connectivity index (χ0) is 14.5. The normalized spacial score (nSPS) is 11.9. The molecule has 19 heavy (non-hydrogen) atoms. The highest BCUT2D eigenvalue weighted by Crippen LogP contribution is 2.50. The predicted molar refractivity (Wildman–Crippen MR) is 83.4 cm³/mol. The number of hydrogen-bond donors (Lipinski definition) is 0. The molecular weight excluding hydrogens is 279 g/mol. The molecule has 3 nitrogen and oxygen atoms in total. The first-order chi connectivity index (χ1) is 8.90. The second kappa shape index (κ2) is 7.39. The summed E-state index contributed by atoms with van der Waals surface area (Å²) in [6.07, 6.45) is 0. The Labute approximate surface area is 121 Å². The third kappa shape index (κ3) is 5.23. The summed E-state index contributed by atoms with van der Waals surface area (Å²) in [5, 5.41) is 0. The van der Waals surface area contributed by atoms with Crippen molar-refractivity contribution in [1.82, 2.24) is 0 Å². The quantitative estimate of drug-likeness (QED) is 0.677. The highest BCUT2D eigenvalue weighted by atomic mass is 32.5. The zero-order valence-corrected chi connectivity index (χ0v) is 14.0. The van der Waals surface area contributed by atoms with Crippen LogP contribution in [-0.2, 0) is 20.9 Å². The molecule has 0 saturated carbocycles. The van der Waals surface area contributed by atoms with E-state index in [0.29, 0.717) is 19.1 Å². The van der Waals surface area contributed by atoms with Gasteiger partial charge in [-0.15, -0.1) is 0 Å². The SMILES string of the molecule is CCOP(=S)(OCC)Oc1cc(C)cc(C(C)C)c1. The van der Waals surface area contributed by atoms with Crippen molar-refractivity contribution < 1.29 is 13.6 Å². The smallest absolute Gasteiger partial charge is 0.380 e. The van der Waals surface area contributed by atoms with Crippen LogP contribution in [0.1, 0.15) is 44.7 Å². The van der Waals surface area contributed by atoms with Crippen LogP contribution in [0.15, 0.2) is 18.2 Å². The lowest BCUT2D eigenvalue weighted by Crippen LogP contribution is -2.02. The summed E-state index contributed by atoms with van der Waals surface area (Å²) in [4.78, 5) is 0. The topological polar surface area (TPSA) is 27.7 Å². The Balaban J connectivity index is 2.99. The van der Waals surface area contributed by atoms with Crippen LogP contribution in [0.3, 0.4) is 0 Å². The van der Waals surface area contributed by atoms with Crippen molar-refractivity contribution in [3.8, 4) is 5.75 Å². The molecule has 1 aromatic rings. The van der Waals surface area contributed by atoms with Gasteiger partial charge in [0.1, 0.15) is 5.75 Å². The number of aryl methyl sites for hydroxylation is 1. The fraction of sp³-hybridized carbons (Fsp3) is 0.571. The van der Waals surface area contributed by atoms with E-state index in [-0.39, 0.29) is 0 Å². The van der Waals surface area contributed by atoms with Gasteiger partial charge in [-0.1, -0.05) is 19.9 Å². The molecule has 0 aliphatic carbocycles. The van der Waals surface area contributed by atoms with E-state index in [2.05, 4.69) is 19.9 Å². The largest absolute Gasteiger partial charge is 0.424 e. The standard InChI is InChI=1S/C14H23O3PS/c1-6-15-18(19,16-7-2)17-14-9-12(5)8-13(10-14)11(3)4/h8-11H,6-7H2,1-5H3. The highest BCUT2D eigenvalue weighted by Gasteiger charge is 2.21. The summed E-state index contributed by atoms with van der Waals surface area (Å²) in [6, 6.07) is 6.13. The van der Waals surface area contributed by atoms with Crippen molar-refractivity contribution in [3.05, 3.63) is 29.3 Å². The van der Waals surface area contributed by atoms with Crippen LogP contribution in [0.5, 0.6) is 5.75 Å². The molecule has 0 saturated heterocycles. The first kappa shape index (κ1) is 16.6. The molecular formula is C14H23O3PS. The molecule has 0 atom stereocenters. The van der Waals surface area contributed by atoms with Gasteiger partial charge in [-0.3, -0.25) is 9.05 Å². The third-order valence-electron chi connectivity index (χ3n) is 2.53. The van der Waals surface area contributed by atoms with E-state index in [4.69, 9.17) is 25.4 Å². The maximum Gasteiger partial charge on any atom is 0.380 e. The number of benzene rings is 1. The minimum Gasteiger partial charge on any atom is -0.424 e. The molecule has 0 heterocycles. The van der Waals surface area contributed by atoms with E-state index in [9.17, 15) is 0 Å². The molecule has 0 aliphatic heterocycles. The first-order valence-corrected chi connectivity index (χ1v) is 9.16. The molecule has 0 N–H and O–H groups in total. The van der Waals surface area contributed by atoms with E-state index < -0.39 is 6.72 Å². The molecule has 0 bridgehead atoms. The fourth-order valence-corrected chi connectivity index (χ4v) is 3.76. The summed E-state index contributed by atoms with van der Waals surface area (Å²) < 4.78 is 16.8. The van der Waals surface area contributed by atoms with Crippen LogP contribution >= 0.6 is 6.72 Å². The van der Waals surface area contributed by atoms with Gasteiger partial charge in [0, 0.05) is 11.8 Å². The van der Waals surface area contributed by atoms with Crippen molar-refractivity contribution >= 4 is 18.5 Å². The van der Waals surface area contributed by atoms with E-state index in [0.717, 1.165) is 11.3 Å². The van der Waals surface area contributed by atoms with E-state index >= 15 is 0 Å². The molecule has 0 spiro atoms. The monoisotopic (exact) mass is 302 g/mol. The van der Waals surface area contributed by atoms with Crippen molar-refractivity contribution in [1.29, 1.82) is 0 Å². The first-order valence-electron chi connectivity index (χ1n) is 6.60. The molecule has 0 fully saturated rings. The molecule has 1 rings (SSSR count). The maximum atomic E-state index is 5.84. The third-order valence-corrected chi connectivity index (χ3v) is 4.97. The summed E-state index contributed by atoms with van der Waals surface area (Å²) in [7, 11) is 0. The summed E-state index contributed by atoms with van der Waals surface area (Å²) in [5.74, 6) is 1.17. The van der Waals surface area contributed by atoms with Crippen LogP contribution in [-0.4, -0.2) is 13.2 Å². The number of rotatable bonds is 7. The molecule has 5 heteroatoms. The van der Waals surface area contributed by atoms with Crippen LogP contribution in [0.25, 0.3) is 0 Å². The van der Waals surface area contributed by atoms with Gasteiger partial charge in [0.15, 0.2) is 0 Å². The van der Waals surface area contributed by atoms with E-state index in [1.54, 1.807) is 0 Å². The van der Waals surface area contributed by atoms with Crippen molar-refractivity contribution in [2.45, 2.75) is 40.5 Å². The second-order valence-corrected chi connectivity index (χ2v) is 7.54. The van der Waals surface area contributed by atoms with Crippen LogP contribution in [0, 0.1) is 6.92 Å². The van der Waals surface area contributed by atoms with E-state index in [1.807, 2.05) is 32.9 Å². The van der Waals surface area contributed by atoms with Crippen molar-refractivity contribution in [2.24, 2.45) is 0 Å². The lowest BCUT2D eigenvalue weighted by Gasteiger charge is -2.22. The van der Waals surface area contributed by atoms with Gasteiger partial charge < -0.3 is 4.52 Å². The minimum atomic E-state index is -2.68. The minimum absolute atomic E-state index is 0.444.